The molecular weight excluding hydrogens is 420 g/mol. The molecule has 9 heteroatoms. The highest BCUT2D eigenvalue weighted by atomic mass is 16.4. The Morgan fingerprint density at radius 3 is 2.76 bits per heavy atom. The van der Waals surface area contributed by atoms with E-state index < -0.39 is 5.97 Å². The first-order valence-corrected chi connectivity index (χ1v) is 10.8. The second-order valence-corrected chi connectivity index (χ2v) is 7.81. The fourth-order valence-corrected chi connectivity index (χ4v) is 4.06. The quantitative estimate of drug-likeness (QED) is 0.326. The Morgan fingerprint density at radius 2 is 2.03 bits per heavy atom. The van der Waals surface area contributed by atoms with Gasteiger partial charge in [0.05, 0.1) is 28.3 Å². The summed E-state index contributed by atoms with van der Waals surface area (Å²) in [4.78, 5) is 29.7. The number of aliphatic carboxylic acids is 1. The lowest BCUT2D eigenvalue weighted by Crippen LogP contribution is -2.11. The number of nitrogens with one attached hydrogen (secondary N) is 2. The summed E-state index contributed by atoms with van der Waals surface area (Å²) in [5.41, 5.74) is 11.6. The predicted molar refractivity (Wildman–Crippen MR) is 129 cm³/mol. The first-order chi connectivity index (χ1) is 15.9. The van der Waals surface area contributed by atoms with Gasteiger partial charge >= 0.3 is 0 Å². The average molecular weight is 447 g/mol. The van der Waals surface area contributed by atoms with Crippen LogP contribution in [0.3, 0.4) is 0 Å². The van der Waals surface area contributed by atoms with Crippen LogP contribution in [-0.2, 0) is 17.8 Å². The number of fused-ring (bicyclic) bond motifs is 3. The van der Waals surface area contributed by atoms with E-state index in [1.165, 1.54) is 5.56 Å². The van der Waals surface area contributed by atoms with E-state index in [2.05, 4.69) is 38.8 Å². The SMILES string of the molecule is CC(=O)O.CCc1cccc2c(-c3nc4cc5[nH]ncc5cc4[nH]c3=O)cn(CCCN)c12. The molecule has 0 amide bonds. The molecule has 0 aliphatic rings. The van der Waals surface area contributed by atoms with Gasteiger partial charge in [0.2, 0.25) is 0 Å². The van der Waals surface area contributed by atoms with E-state index in [4.69, 9.17) is 20.6 Å². The zero-order valence-electron chi connectivity index (χ0n) is 18.6. The number of aromatic amines is 2. The van der Waals surface area contributed by atoms with Gasteiger partial charge in [-0.1, -0.05) is 25.1 Å². The molecule has 3 aromatic heterocycles. The van der Waals surface area contributed by atoms with Crippen molar-refractivity contribution in [2.45, 2.75) is 33.2 Å². The van der Waals surface area contributed by atoms with Crippen molar-refractivity contribution in [3.8, 4) is 11.3 Å². The molecule has 0 aliphatic carbocycles. The third-order valence-corrected chi connectivity index (χ3v) is 5.47. The van der Waals surface area contributed by atoms with E-state index >= 15 is 0 Å². The molecule has 9 nitrogen and oxygen atoms in total. The molecule has 0 fully saturated rings. The molecule has 0 saturated heterocycles. The number of hydrogen-bond acceptors (Lipinski definition) is 5. The Hall–Kier alpha value is -3.98. The minimum Gasteiger partial charge on any atom is -0.481 e. The van der Waals surface area contributed by atoms with Crippen molar-refractivity contribution >= 4 is 38.8 Å². The molecule has 0 aliphatic heterocycles. The molecule has 5 rings (SSSR count). The van der Waals surface area contributed by atoms with Crippen molar-refractivity contribution in [3.63, 3.8) is 0 Å². The van der Waals surface area contributed by atoms with Gasteiger partial charge in [-0.2, -0.15) is 5.10 Å². The number of para-hydroxylation sites is 1. The van der Waals surface area contributed by atoms with E-state index in [0.717, 1.165) is 59.2 Å². The van der Waals surface area contributed by atoms with Crippen LogP contribution in [-0.4, -0.2) is 42.4 Å². The number of benzene rings is 2. The van der Waals surface area contributed by atoms with Gasteiger partial charge in [-0.25, -0.2) is 4.98 Å². The van der Waals surface area contributed by atoms with Crippen molar-refractivity contribution in [2.24, 2.45) is 5.73 Å². The number of rotatable bonds is 5. The maximum Gasteiger partial charge on any atom is 0.300 e. The number of nitrogens with zero attached hydrogens (tertiary/aromatic N) is 3. The molecule has 5 aromatic rings. The van der Waals surface area contributed by atoms with Gasteiger partial charge in [0.25, 0.3) is 11.5 Å². The van der Waals surface area contributed by atoms with E-state index in [1.54, 1.807) is 6.20 Å². The normalized spacial score (nSPS) is 11.1. The zero-order chi connectivity index (χ0) is 23.5. The zero-order valence-corrected chi connectivity index (χ0v) is 18.6. The summed E-state index contributed by atoms with van der Waals surface area (Å²) < 4.78 is 2.21. The number of carboxylic acids is 1. The lowest BCUT2D eigenvalue weighted by molar-refractivity contribution is -0.134. The Morgan fingerprint density at radius 1 is 1.24 bits per heavy atom. The molecule has 5 N–H and O–H groups in total. The topological polar surface area (TPSA) is 143 Å². The fraction of sp³-hybridized carbons (Fsp3) is 0.250. The smallest absolute Gasteiger partial charge is 0.300 e. The van der Waals surface area contributed by atoms with Crippen LogP contribution in [0.5, 0.6) is 0 Å². The van der Waals surface area contributed by atoms with Gasteiger partial charge in [0.1, 0.15) is 5.69 Å². The van der Waals surface area contributed by atoms with Crippen LogP contribution in [0.25, 0.3) is 44.1 Å². The summed E-state index contributed by atoms with van der Waals surface area (Å²) in [5, 5.41) is 16.4. The van der Waals surface area contributed by atoms with Crippen molar-refractivity contribution in [2.75, 3.05) is 6.54 Å². The summed E-state index contributed by atoms with van der Waals surface area (Å²) in [7, 11) is 0. The van der Waals surface area contributed by atoms with Crippen molar-refractivity contribution in [1.82, 2.24) is 24.7 Å². The summed E-state index contributed by atoms with van der Waals surface area (Å²) in [6.07, 6.45) is 5.57. The molecule has 0 saturated carbocycles. The molecule has 33 heavy (non-hydrogen) atoms. The van der Waals surface area contributed by atoms with E-state index in [9.17, 15) is 4.79 Å². The second-order valence-electron chi connectivity index (χ2n) is 7.81. The molecule has 0 bridgehead atoms. The Balaban J connectivity index is 0.000000601. The second kappa shape index (κ2) is 9.25. The fourth-order valence-electron chi connectivity index (χ4n) is 4.06. The highest BCUT2D eigenvalue weighted by Gasteiger charge is 2.17. The molecule has 0 spiro atoms. The van der Waals surface area contributed by atoms with E-state index in [0.29, 0.717) is 17.8 Å². The predicted octanol–water partition coefficient (Wildman–Crippen LogP) is 3.42. The van der Waals surface area contributed by atoms with Gasteiger partial charge < -0.3 is 20.4 Å². The molecule has 0 radical (unpaired) electrons. The van der Waals surface area contributed by atoms with Crippen LogP contribution in [0.15, 0.2) is 47.5 Å². The maximum atomic E-state index is 13.0. The number of hydrogen-bond donors (Lipinski definition) is 4. The van der Waals surface area contributed by atoms with Gasteiger partial charge in [-0.05, 0) is 37.1 Å². The van der Waals surface area contributed by atoms with Crippen molar-refractivity contribution in [3.05, 3.63) is 58.6 Å². The lowest BCUT2D eigenvalue weighted by atomic mass is 10.1. The number of H-pyrrole nitrogens is 2. The number of carbonyl (C=O) groups is 1. The van der Waals surface area contributed by atoms with E-state index in [1.807, 2.05) is 24.4 Å². The first-order valence-electron chi connectivity index (χ1n) is 10.8. The highest BCUT2D eigenvalue weighted by molar-refractivity contribution is 5.98. The summed E-state index contributed by atoms with van der Waals surface area (Å²) >= 11 is 0. The van der Waals surface area contributed by atoms with Gasteiger partial charge in [0, 0.05) is 36.0 Å². The monoisotopic (exact) mass is 446 g/mol. The number of aromatic nitrogens is 5. The number of aryl methyl sites for hydroxylation is 2. The van der Waals surface area contributed by atoms with Crippen molar-refractivity contribution < 1.29 is 9.90 Å². The molecule has 0 atom stereocenters. The minimum absolute atomic E-state index is 0.194. The lowest BCUT2D eigenvalue weighted by Gasteiger charge is -2.07. The maximum absolute atomic E-state index is 13.0. The van der Waals surface area contributed by atoms with Gasteiger partial charge in [0.15, 0.2) is 0 Å². The van der Waals surface area contributed by atoms with Crippen molar-refractivity contribution in [1.29, 1.82) is 0 Å². The largest absolute Gasteiger partial charge is 0.481 e. The molecule has 2 aromatic carbocycles. The molecular formula is C24H26N6O3. The summed E-state index contributed by atoms with van der Waals surface area (Å²) in [6, 6.07) is 10.1. The number of nitrogens with two attached hydrogens (primary N) is 1. The number of carboxylic acid groups (broad SMARTS) is 1. The van der Waals surface area contributed by atoms with Crippen LogP contribution < -0.4 is 11.3 Å². The van der Waals surface area contributed by atoms with Crippen LogP contribution in [0.2, 0.25) is 0 Å². The molecule has 170 valence electrons. The molecule has 0 unspecified atom stereocenters. The highest BCUT2D eigenvalue weighted by Crippen LogP contribution is 2.31. The third kappa shape index (κ3) is 4.35. The first kappa shape index (κ1) is 22.2. The standard InChI is InChI=1S/C22H22N6O.C2H4O2/c1-2-13-5-3-6-15-16(12-28(21(13)15)8-4-7-23)20-22(29)26-18-9-14-11-24-27-17(14)10-19(18)25-20;1-2(3)4/h3,5-6,9-12H,2,4,7-8,23H2,1H3,(H,24,27)(H,26,29);1H3,(H,3,4). The van der Waals surface area contributed by atoms with Crippen LogP contribution in [0.4, 0.5) is 0 Å². The Bertz CT molecular complexity index is 1510. The third-order valence-electron chi connectivity index (χ3n) is 5.47. The van der Waals surface area contributed by atoms with Crippen LogP contribution >= 0.6 is 0 Å². The minimum atomic E-state index is -0.833. The Labute approximate surface area is 189 Å². The average Bonchev–Trinajstić information content (AvgIpc) is 3.39. The molecule has 3 heterocycles. The van der Waals surface area contributed by atoms with Crippen LogP contribution in [0.1, 0.15) is 25.8 Å². The Kier molecular flexibility index (Phi) is 6.23. The van der Waals surface area contributed by atoms with Crippen LogP contribution in [0, 0.1) is 0 Å². The van der Waals surface area contributed by atoms with Gasteiger partial charge in [-0.3, -0.25) is 14.7 Å². The summed E-state index contributed by atoms with van der Waals surface area (Å²) in [5.74, 6) is -0.833. The van der Waals surface area contributed by atoms with Gasteiger partial charge in [-0.15, -0.1) is 0 Å². The van der Waals surface area contributed by atoms with E-state index in [-0.39, 0.29) is 5.56 Å². The summed E-state index contributed by atoms with van der Waals surface area (Å²) in [6.45, 7) is 4.66.